The van der Waals surface area contributed by atoms with Crippen molar-refractivity contribution in [3.63, 3.8) is 0 Å². The molecule has 0 aromatic heterocycles. The molecule has 0 saturated heterocycles. The van der Waals surface area contributed by atoms with Crippen molar-refractivity contribution in [1.29, 1.82) is 0 Å². The van der Waals surface area contributed by atoms with Crippen LogP contribution in [0.1, 0.15) is 43.7 Å². The molecule has 1 aliphatic rings. The predicted molar refractivity (Wildman–Crippen MR) is 89.8 cm³/mol. The second kappa shape index (κ2) is 6.93. The highest BCUT2D eigenvalue weighted by molar-refractivity contribution is 7.80. The zero-order valence-corrected chi connectivity index (χ0v) is 13.4. The molecular weight excluding hydrogens is 266 g/mol. The number of anilines is 1. The molecule has 1 aromatic rings. The van der Waals surface area contributed by atoms with Gasteiger partial charge in [-0.1, -0.05) is 31.9 Å². The number of aryl methyl sites for hydroxylation is 2. The summed E-state index contributed by atoms with van der Waals surface area (Å²) in [6.07, 6.45) is 5.16. The van der Waals surface area contributed by atoms with Crippen LogP contribution in [0.3, 0.4) is 0 Å². The minimum Gasteiger partial charge on any atom is -0.358 e. The lowest BCUT2D eigenvalue weighted by atomic mass is 9.86. The third-order valence-electron chi connectivity index (χ3n) is 4.13. The zero-order valence-electron chi connectivity index (χ0n) is 12.6. The van der Waals surface area contributed by atoms with E-state index in [4.69, 9.17) is 12.2 Å². The zero-order chi connectivity index (χ0) is 14.5. The van der Waals surface area contributed by atoms with Gasteiger partial charge in [0.2, 0.25) is 0 Å². The average molecular weight is 291 g/mol. The van der Waals surface area contributed by atoms with Gasteiger partial charge in [0, 0.05) is 6.04 Å². The highest BCUT2D eigenvalue weighted by Crippen LogP contribution is 2.23. The predicted octanol–water partition coefficient (Wildman–Crippen LogP) is 3.67. The minimum atomic E-state index is 0.504. The largest absolute Gasteiger partial charge is 0.358 e. The Morgan fingerprint density at radius 3 is 2.70 bits per heavy atom. The van der Waals surface area contributed by atoms with Gasteiger partial charge in [-0.3, -0.25) is 10.9 Å². The minimum absolute atomic E-state index is 0.504. The van der Waals surface area contributed by atoms with E-state index in [1.807, 2.05) is 0 Å². The molecule has 1 aromatic carbocycles. The molecule has 0 radical (unpaired) electrons. The first-order valence-corrected chi connectivity index (χ1v) is 7.87. The summed E-state index contributed by atoms with van der Waals surface area (Å²) in [6.45, 7) is 6.48. The molecule has 0 bridgehead atoms. The maximum atomic E-state index is 5.38. The van der Waals surface area contributed by atoms with Crippen molar-refractivity contribution in [1.82, 2.24) is 10.7 Å². The highest BCUT2D eigenvalue weighted by atomic mass is 32.1. The first-order valence-electron chi connectivity index (χ1n) is 7.46. The van der Waals surface area contributed by atoms with E-state index in [1.54, 1.807) is 0 Å². The quantitative estimate of drug-likeness (QED) is 0.586. The number of thiocarbonyl (C=S) groups is 1. The molecule has 110 valence electrons. The number of hydrazine groups is 1. The van der Waals surface area contributed by atoms with Gasteiger partial charge in [-0.25, -0.2) is 0 Å². The normalized spacial score (nSPS) is 22.1. The summed E-state index contributed by atoms with van der Waals surface area (Å²) < 4.78 is 0. The molecule has 0 unspecified atom stereocenters. The van der Waals surface area contributed by atoms with Crippen LogP contribution < -0.4 is 16.2 Å². The molecule has 1 saturated carbocycles. The van der Waals surface area contributed by atoms with Crippen LogP contribution in [0.2, 0.25) is 0 Å². The molecule has 0 heterocycles. The lowest BCUT2D eigenvalue weighted by Crippen LogP contribution is -2.47. The first kappa shape index (κ1) is 15.1. The second-order valence-electron chi connectivity index (χ2n) is 5.91. The van der Waals surface area contributed by atoms with Crippen molar-refractivity contribution in [3.8, 4) is 0 Å². The van der Waals surface area contributed by atoms with Crippen LogP contribution in [0.5, 0.6) is 0 Å². The van der Waals surface area contributed by atoms with Crippen LogP contribution in [0.15, 0.2) is 18.2 Å². The van der Waals surface area contributed by atoms with Crippen molar-refractivity contribution in [2.45, 2.75) is 52.5 Å². The van der Waals surface area contributed by atoms with Crippen molar-refractivity contribution in [2.24, 2.45) is 5.92 Å². The summed E-state index contributed by atoms with van der Waals surface area (Å²) in [4.78, 5) is 0. The van der Waals surface area contributed by atoms with Gasteiger partial charge < -0.3 is 5.32 Å². The number of hydrogen-bond acceptors (Lipinski definition) is 2. The molecule has 1 fully saturated rings. The van der Waals surface area contributed by atoms with E-state index in [2.05, 4.69) is 55.1 Å². The van der Waals surface area contributed by atoms with Gasteiger partial charge in [0.15, 0.2) is 5.11 Å². The molecule has 0 aliphatic heterocycles. The lowest BCUT2D eigenvalue weighted by Gasteiger charge is -2.30. The van der Waals surface area contributed by atoms with E-state index >= 15 is 0 Å². The fourth-order valence-corrected chi connectivity index (χ4v) is 2.93. The molecule has 0 amide bonds. The Balaban J connectivity index is 1.84. The summed E-state index contributed by atoms with van der Waals surface area (Å²) in [6, 6.07) is 6.85. The van der Waals surface area contributed by atoms with E-state index in [0.29, 0.717) is 17.1 Å². The Kier molecular flexibility index (Phi) is 5.24. The molecule has 3 N–H and O–H groups in total. The fourth-order valence-electron chi connectivity index (χ4n) is 2.73. The van der Waals surface area contributed by atoms with Crippen LogP contribution in [0, 0.1) is 19.8 Å². The Labute approximate surface area is 127 Å². The topological polar surface area (TPSA) is 36.1 Å². The lowest BCUT2D eigenvalue weighted by molar-refractivity contribution is 0.308. The summed E-state index contributed by atoms with van der Waals surface area (Å²) in [7, 11) is 0. The number of nitrogens with one attached hydrogen (secondary N) is 3. The van der Waals surface area contributed by atoms with E-state index in [0.717, 1.165) is 5.69 Å². The SMILES string of the molecule is Cc1ccc(C)c(NNC(=S)N[C@@H]2CCCC[C@@H]2C)c1. The summed E-state index contributed by atoms with van der Waals surface area (Å²) in [5.41, 5.74) is 9.83. The van der Waals surface area contributed by atoms with Crippen molar-refractivity contribution in [3.05, 3.63) is 29.3 Å². The van der Waals surface area contributed by atoms with Crippen LogP contribution in [-0.4, -0.2) is 11.2 Å². The molecule has 0 spiro atoms. The van der Waals surface area contributed by atoms with Gasteiger partial charge >= 0.3 is 0 Å². The van der Waals surface area contributed by atoms with Crippen molar-refractivity contribution < 1.29 is 0 Å². The molecule has 20 heavy (non-hydrogen) atoms. The van der Waals surface area contributed by atoms with Gasteiger partial charge in [0.1, 0.15) is 0 Å². The highest BCUT2D eigenvalue weighted by Gasteiger charge is 2.21. The summed E-state index contributed by atoms with van der Waals surface area (Å²) in [5.74, 6) is 0.698. The van der Waals surface area contributed by atoms with Gasteiger partial charge in [-0.05, 0) is 62.0 Å². The Morgan fingerprint density at radius 2 is 1.95 bits per heavy atom. The van der Waals surface area contributed by atoms with Gasteiger partial charge in [-0.15, -0.1) is 0 Å². The number of benzene rings is 1. The smallest absolute Gasteiger partial charge is 0.185 e. The second-order valence-corrected chi connectivity index (χ2v) is 6.32. The van der Waals surface area contributed by atoms with E-state index in [9.17, 15) is 0 Å². The van der Waals surface area contributed by atoms with Crippen molar-refractivity contribution >= 4 is 23.0 Å². The Bertz CT molecular complexity index is 473. The number of rotatable bonds is 3. The standard InChI is InChI=1S/C16H25N3S/c1-11-8-9-13(3)15(10-11)18-19-16(20)17-14-7-5-4-6-12(14)2/h8-10,12,14,18H,4-7H2,1-3H3,(H2,17,19,20)/t12-,14+/m0/s1. The Morgan fingerprint density at radius 1 is 1.20 bits per heavy atom. The molecule has 1 aliphatic carbocycles. The molecule has 3 nitrogen and oxygen atoms in total. The third-order valence-corrected chi connectivity index (χ3v) is 4.35. The van der Waals surface area contributed by atoms with Gasteiger partial charge in [-0.2, -0.15) is 0 Å². The van der Waals surface area contributed by atoms with Gasteiger partial charge in [0.05, 0.1) is 5.69 Å². The molecular formula is C16H25N3S. The fraction of sp³-hybridized carbons (Fsp3) is 0.562. The maximum Gasteiger partial charge on any atom is 0.185 e. The van der Waals surface area contributed by atoms with E-state index in [1.165, 1.54) is 36.8 Å². The summed E-state index contributed by atoms with van der Waals surface area (Å²) >= 11 is 5.38. The number of hydrogen-bond donors (Lipinski definition) is 3. The molecule has 2 rings (SSSR count). The average Bonchev–Trinajstić information content (AvgIpc) is 2.42. The monoisotopic (exact) mass is 291 g/mol. The van der Waals surface area contributed by atoms with Crippen LogP contribution in [-0.2, 0) is 0 Å². The van der Waals surface area contributed by atoms with E-state index in [-0.39, 0.29) is 0 Å². The summed E-state index contributed by atoms with van der Waals surface area (Å²) in [5, 5.41) is 4.12. The molecule has 2 atom stereocenters. The molecule has 4 heteroatoms. The third kappa shape index (κ3) is 4.10. The van der Waals surface area contributed by atoms with Crippen molar-refractivity contribution in [2.75, 3.05) is 5.43 Å². The van der Waals surface area contributed by atoms with E-state index < -0.39 is 0 Å². The van der Waals surface area contributed by atoms with Crippen LogP contribution in [0.4, 0.5) is 5.69 Å². The Hall–Kier alpha value is -1.29. The van der Waals surface area contributed by atoms with Gasteiger partial charge in [0.25, 0.3) is 0 Å². The van der Waals surface area contributed by atoms with Crippen LogP contribution in [0.25, 0.3) is 0 Å². The van der Waals surface area contributed by atoms with Crippen LogP contribution >= 0.6 is 12.2 Å². The maximum absolute atomic E-state index is 5.38. The first-order chi connectivity index (χ1) is 9.56.